The maximum absolute atomic E-state index is 12.3. The van der Waals surface area contributed by atoms with Gasteiger partial charge in [-0.05, 0) is 26.2 Å². The number of nitrogens with zero attached hydrogens (tertiary/aromatic N) is 1. The van der Waals surface area contributed by atoms with Crippen LogP contribution < -0.4 is 5.32 Å². The SMILES string of the molecule is CC1CN(S(=O)(=O)CCC2CCC2)C(C)CN1. The number of hydrogen-bond donors (Lipinski definition) is 1. The lowest BCUT2D eigenvalue weighted by Crippen LogP contribution is -2.56. The zero-order valence-electron chi connectivity index (χ0n) is 10.9. The smallest absolute Gasteiger partial charge is 0.214 e. The summed E-state index contributed by atoms with van der Waals surface area (Å²) in [5, 5.41) is 3.31. The molecule has 0 aromatic carbocycles. The highest BCUT2D eigenvalue weighted by Gasteiger charge is 2.32. The van der Waals surface area contributed by atoms with E-state index in [2.05, 4.69) is 5.32 Å². The van der Waals surface area contributed by atoms with Crippen molar-refractivity contribution in [3.63, 3.8) is 0 Å². The lowest BCUT2D eigenvalue weighted by molar-refractivity contribution is 0.242. The van der Waals surface area contributed by atoms with Gasteiger partial charge in [-0.2, -0.15) is 4.31 Å². The van der Waals surface area contributed by atoms with Gasteiger partial charge in [0.15, 0.2) is 0 Å². The number of sulfonamides is 1. The summed E-state index contributed by atoms with van der Waals surface area (Å²) in [5.74, 6) is 1.01. The zero-order chi connectivity index (χ0) is 12.5. The highest BCUT2D eigenvalue weighted by molar-refractivity contribution is 7.89. The Morgan fingerprint density at radius 2 is 2.00 bits per heavy atom. The third kappa shape index (κ3) is 3.20. The Balaban J connectivity index is 1.92. The van der Waals surface area contributed by atoms with E-state index in [1.165, 1.54) is 19.3 Å². The van der Waals surface area contributed by atoms with Crippen LogP contribution in [0.2, 0.25) is 0 Å². The summed E-state index contributed by atoms with van der Waals surface area (Å²) in [5.41, 5.74) is 0. The molecule has 1 aliphatic carbocycles. The topological polar surface area (TPSA) is 49.4 Å². The van der Waals surface area contributed by atoms with Gasteiger partial charge in [0.2, 0.25) is 10.0 Å². The van der Waals surface area contributed by atoms with E-state index in [4.69, 9.17) is 0 Å². The van der Waals surface area contributed by atoms with Crippen molar-refractivity contribution in [1.29, 1.82) is 0 Å². The molecule has 1 N–H and O–H groups in total. The molecule has 2 unspecified atom stereocenters. The fourth-order valence-electron chi connectivity index (χ4n) is 2.59. The van der Waals surface area contributed by atoms with E-state index in [-0.39, 0.29) is 12.1 Å². The van der Waals surface area contributed by atoms with Gasteiger partial charge in [0.25, 0.3) is 0 Å². The Morgan fingerprint density at radius 3 is 2.59 bits per heavy atom. The predicted octanol–water partition coefficient (Wildman–Crippen LogP) is 1.19. The third-order valence-electron chi connectivity index (χ3n) is 4.07. The number of rotatable bonds is 4. The molecule has 1 saturated carbocycles. The van der Waals surface area contributed by atoms with E-state index in [0.717, 1.165) is 13.0 Å². The summed E-state index contributed by atoms with van der Waals surface area (Å²) in [6.45, 7) is 5.41. The first kappa shape index (κ1) is 13.3. The Hall–Kier alpha value is -0.130. The van der Waals surface area contributed by atoms with Crippen LogP contribution in [0.4, 0.5) is 0 Å². The quantitative estimate of drug-likeness (QED) is 0.826. The summed E-state index contributed by atoms with van der Waals surface area (Å²) in [6.07, 6.45) is 4.59. The van der Waals surface area contributed by atoms with Crippen LogP contribution >= 0.6 is 0 Å². The molecule has 100 valence electrons. The van der Waals surface area contributed by atoms with E-state index < -0.39 is 10.0 Å². The minimum absolute atomic E-state index is 0.0950. The second-order valence-corrected chi connectivity index (χ2v) is 7.67. The molecule has 2 atom stereocenters. The van der Waals surface area contributed by atoms with Gasteiger partial charge in [-0.25, -0.2) is 8.42 Å². The molecule has 17 heavy (non-hydrogen) atoms. The normalized spacial score (nSPS) is 32.4. The molecular formula is C12H24N2O2S. The average molecular weight is 260 g/mol. The van der Waals surface area contributed by atoms with E-state index in [9.17, 15) is 8.42 Å². The van der Waals surface area contributed by atoms with Crippen molar-refractivity contribution in [2.24, 2.45) is 5.92 Å². The highest BCUT2D eigenvalue weighted by atomic mass is 32.2. The molecule has 0 spiro atoms. The summed E-state index contributed by atoms with van der Waals surface area (Å²) in [4.78, 5) is 0. The lowest BCUT2D eigenvalue weighted by Gasteiger charge is -2.37. The van der Waals surface area contributed by atoms with Gasteiger partial charge in [-0.1, -0.05) is 19.3 Å². The second-order valence-electron chi connectivity index (χ2n) is 5.63. The first-order valence-corrected chi connectivity index (χ1v) is 8.33. The first-order chi connectivity index (χ1) is 7.99. The molecular weight excluding hydrogens is 236 g/mol. The van der Waals surface area contributed by atoms with Crippen LogP contribution in [0.3, 0.4) is 0 Å². The Bertz CT molecular complexity index is 352. The van der Waals surface area contributed by atoms with E-state index in [0.29, 0.717) is 18.2 Å². The number of nitrogens with one attached hydrogen (secondary N) is 1. The third-order valence-corrected chi connectivity index (χ3v) is 6.05. The summed E-state index contributed by atoms with van der Waals surface area (Å²) in [6, 6.07) is 0.363. The lowest BCUT2D eigenvalue weighted by atomic mass is 9.84. The minimum Gasteiger partial charge on any atom is -0.311 e. The van der Waals surface area contributed by atoms with Crippen LogP contribution in [0.5, 0.6) is 0 Å². The molecule has 0 aromatic rings. The van der Waals surface area contributed by atoms with Crippen molar-refractivity contribution in [1.82, 2.24) is 9.62 Å². The van der Waals surface area contributed by atoms with Gasteiger partial charge in [-0.3, -0.25) is 0 Å². The van der Waals surface area contributed by atoms with E-state index in [1.807, 2.05) is 13.8 Å². The zero-order valence-corrected chi connectivity index (χ0v) is 11.7. The second kappa shape index (κ2) is 5.24. The van der Waals surface area contributed by atoms with E-state index in [1.54, 1.807) is 4.31 Å². The fourth-order valence-corrected chi connectivity index (χ4v) is 4.53. The van der Waals surface area contributed by atoms with Crippen molar-refractivity contribution < 1.29 is 8.42 Å². The molecule has 1 heterocycles. The fraction of sp³-hybridized carbons (Fsp3) is 1.00. The molecule has 1 aliphatic heterocycles. The Kier molecular flexibility index (Phi) is 4.10. The number of hydrogen-bond acceptors (Lipinski definition) is 3. The summed E-state index contributed by atoms with van der Waals surface area (Å²) < 4.78 is 26.3. The molecule has 2 aliphatic rings. The monoisotopic (exact) mass is 260 g/mol. The minimum atomic E-state index is -3.04. The predicted molar refractivity (Wildman–Crippen MR) is 69.4 cm³/mol. The van der Waals surface area contributed by atoms with Crippen LogP contribution in [0, 0.1) is 5.92 Å². The molecule has 0 aromatic heterocycles. The Labute approximate surface area is 105 Å². The van der Waals surface area contributed by atoms with Gasteiger partial charge in [-0.15, -0.1) is 0 Å². The summed E-state index contributed by atoms with van der Waals surface area (Å²) in [7, 11) is -3.04. The van der Waals surface area contributed by atoms with Crippen molar-refractivity contribution in [2.75, 3.05) is 18.8 Å². The average Bonchev–Trinajstić information content (AvgIpc) is 2.19. The molecule has 2 fully saturated rings. The van der Waals surface area contributed by atoms with Crippen LogP contribution in [-0.2, 0) is 10.0 Å². The van der Waals surface area contributed by atoms with Gasteiger partial charge in [0.1, 0.15) is 0 Å². The first-order valence-electron chi connectivity index (χ1n) is 6.72. The molecule has 0 amide bonds. The van der Waals surface area contributed by atoms with Gasteiger partial charge in [0.05, 0.1) is 5.75 Å². The van der Waals surface area contributed by atoms with Gasteiger partial charge in [0, 0.05) is 25.2 Å². The molecule has 0 radical (unpaired) electrons. The summed E-state index contributed by atoms with van der Waals surface area (Å²) >= 11 is 0. The highest BCUT2D eigenvalue weighted by Crippen LogP contribution is 2.30. The van der Waals surface area contributed by atoms with Crippen molar-refractivity contribution in [2.45, 2.75) is 51.6 Å². The van der Waals surface area contributed by atoms with Crippen LogP contribution in [0.1, 0.15) is 39.5 Å². The van der Waals surface area contributed by atoms with Crippen molar-refractivity contribution in [3.05, 3.63) is 0 Å². The van der Waals surface area contributed by atoms with Crippen molar-refractivity contribution in [3.8, 4) is 0 Å². The largest absolute Gasteiger partial charge is 0.311 e. The molecule has 4 nitrogen and oxygen atoms in total. The van der Waals surface area contributed by atoms with Crippen LogP contribution in [0.25, 0.3) is 0 Å². The molecule has 5 heteroatoms. The molecule has 1 saturated heterocycles. The number of piperazine rings is 1. The maximum atomic E-state index is 12.3. The van der Waals surface area contributed by atoms with Gasteiger partial charge >= 0.3 is 0 Å². The molecule has 0 bridgehead atoms. The maximum Gasteiger partial charge on any atom is 0.214 e. The van der Waals surface area contributed by atoms with Crippen LogP contribution in [0.15, 0.2) is 0 Å². The van der Waals surface area contributed by atoms with Crippen LogP contribution in [-0.4, -0.2) is 43.6 Å². The van der Waals surface area contributed by atoms with E-state index >= 15 is 0 Å². The van der Waals surface area contributed by atoms with Gasteiger partial charge < -0.3 is 5.32 Å². The van der Waals surface area contributed by atoms with Crippen molar-refractivity contribution >= 4 is 10.0 Å². The standard InChI is InChI=1S/C12H24N2O2S/c1-10-9-14(11(2)8-13-10)17(15,16)7-6-12-4-3-5-12/h10-13H,3-9H2,1-2H3. The molecule has 2 rings (SSSR count). The Morgan fingerprint density at radius 1 is 1.29 bits per heavy atom.